The van der Waals surface area contributed by atoms with Crippen LogP contribution >= 0.6 is 11.3 Å². The van der Waals surface area contributed by atoms with Crippen LogP contribution in [0, 0.1) is 5.92 Å². The van der Waals surface area contributed by atoms with Gasteiger partial charge in [0.15, 0.2) is 0 Å². The molecule has 106 valence electrons. The maximum atomic E-state index is 12.7. The Hall–Kier alpha value is -0.870. The highest BCUT2D eigenvalue weighted by Gasteiger charge is 2.43. The minimum atomic E-state index is -0.0484. The monoisotopic (exact) mass is 280 g/mol. The summed E-state index contributed by atoms with van der Waals surface area (Å²) < 4.78 is 0. The predicted molar refractivity (Wildman–Crippen MR) is 80.0 cm³/mol. The van der Waals surface area contributed by atoms with Crippen molar-refractivity contribution in [2.75, 3.05) is 0 Å². The summed E-state index contributed by atoms with van der Waals surface area (Å²) in [5, 5.41) is 5.61. The Labute approximate surface area is 120 Å². The van der Waals surface area contributed by atoms with Crippen LogP contribution in [0.4, 0.5) is 0 Å². The lowest BCUT2D eigenvalue weighted by Gasteiger charge is -2.31. The summed E-state index contributed by atoms with van der Waals surface area (Å²) in [6, 6.07) is 4.46. The Balaban J connectivity index is 2.31. The van der Waals surface area contributed by atoms with E-state index < -0.39 is 0 Å². The van der Waals surface area contributed by atoms with E-state index in [9.17, 15) is 4.79 Å². The zero-order valence-corrected chi connectivity index (χ0v) is 13.0. The van der Waals surface area contributed by atoms with E-state index in [2.05, 4.69) is 55.4 Å². The lowest BCUT2D eigenvalue weighted by Crippen LogP contribution is -2.40. The Morgan fingerprint density at radius 1 is 1.37 bits per heavy atom. The summed E-state index contributed by atoms with van der Waals surface area (Å²) in [5.41, 5.74) is 0. The van der Waals surface area contributed by atoms with Crippen molar-refractivity contribution in [2.45, 2.75) is 58.8 Å². The maximum Gasteiger partial charge on any atom is 0.241 e. The molecule has 2 unspecified atom stereocenters. The normalized spacial score (nSPS) is 23.9. The second-order valence-corrected chi connectivity index (χ2v) is 6.50. The average molecular weight is 280 g/mol. The fraction of sp³-hybridized carbons (Fsp3) is 0.667. The second kappa shape index (κ2) is 6.06. The Morgan fingerprint density at radius 3 is 2.53 bits per heavy atom. The van der Waals surface area contributed by atoms with E-state index in [-0.39, 0.29) is 18.1 Å². The van der Waals surface area contributed by atoms with E-state index >= 15 is 0 Å². The summed E-state index contributed by atoms with van der Waals surface area (Å²) in [5.74, 6) is 0.594. The third-order valence-corrected chi connectivity index (χ3v) is 4.88. The summed E-state index contributed by atoms with van der Waals surface area (Å²) in [6.45, 7) is 8.54. The largest absolute Gasteiger partial charge is 0.318 e. The molecule has 4 heteroatoms. The van der Waals surface area contributed by atoms with Crippen molar-refractivity contribution in [1.29, 1.82) is 0 Å². The summed E-state index contributed by atoms with van der Waals surface area (Å²) in [6.07, 6.45) is 2.08. The molecule has 0 aromatic carbocycles. The fourth-order valence-electron chi connectivity index (χ4n) is 2.83. The van der Waals surface area contributed by atoms with Gasteiger partial charge in [0.25, 0.3) is 0 Å². The highest BCUT2D eigenvalue weighted by atomic mass is 32.1. The van der Waals surface area contributed by atoms with Gasteiger partial charge in [-0.25, -0.2) is 0 Å². The average Bonchev–Trinajstić information content (AvgIpc) is 3.00. The number of nitrogens with zero attached hydrogens (tertiary/aromatic N) is 1. The van der Waals surface area contributed by atoms with Crippen molar-refractivity contribution in [3.63, 3.8) is 0 Å². The highest BCUT2D eigenvalue weighted by molar-refractivity contribution is 7.10. The number of thiophene rings is 1. The number of nitrogens with one attached hydrogen (secondary N) is 1. The van der Waals surface area contributed by atoms with Crippen molar-refractivity contribution >= 4 is 17.2 Å². The zero-order chi connectivity index (χ0) is 14.0. The molecule has 19 heavy (non-hydrogen) atoms. The number of hydrogen-bond acceptors (Lipinski definition) is 3. The van der Waals surface area contributed by atoms with Gasteiger partial charge in [0.05, 0.1) is 6.04 Å². The first-order valence-corrected chi connectivity index (χ1v) is 8.09. The number of carbonyl (C=O) groups excluding carboxylic acids is 1. The van der Waals surface area contributed by atoms with E-state index in [4.69, 9.17) is 0 Å². The number of carbonyl (C=O) groups is 1. The van der Waals surface area contributed by atoms with Gasteiger partial charge in [-0.15, -0.1) is 11.3 Å². The minimum Gasteiger partial charge on any atom is -0.318 e. The molecule has 1 aliphatic rings. The first-order chi connectivity index (χ1) is 9.10. The van der Waals surface area contributed by atoms with Crippen LogP contribution in [0.1, 0.15) is 51.6 Å². The van der Waals surface area contributed by atoms with Crippen LogP contribution in [0.2, 0.25) is 0 Å². The van der Waals surface area contributed by atoms with Crippen LogP contribution in [-0.2, 0) is 4.79 Å². The van der Waals surface area contributed by atoms with Gasteiger partial charge in [0.1, 0.15) is 6.17 Å². The van der Waals surface area contributed by atoms with Gasteiger partial charge in [-0.05, 0) is 30.2 Å². The molecular weight excluding hydrogens is 256 g/mol. The van der Waals surface area contributed by atoms with Gasteiger partial charge in [0, 0.05) is 10.9 Å². The first kappa shape index (κ1) is 14.5. The third kappa shape index (κ3) is 2.70. The van der Waals surface area contributed by atoms with Crippen molar-refractivity contribution in [3.05, 3.63) is 22.4 Å². The van der Waals surface area contributed by atoms with Crippen LogP contribution < -0.4 is 5.32 Å². The molecule has 2 heterocycles. The van der Waals surface area contributed by atoms with Crippen LogP contribution in [0.5, 0.6) is 0 Å². The van der Waals surface area contributed by atoms with Gasteiger partial charge >= 0.3 is 0 Å². The van der Waals surface area contributed by atoms with Gasteiger partial charge in [0.2, 0.25) is 5.91 Å². The van der Waals surface area contributed by atoms with Gasteiger partial charge in [-0.3, -0.25) is 10.1 Å². The molecule has 1 fully saturated rings. The van der Waals surface area contributed by atoms with Gasteiger partial charge < -0.3 is 4.90 Å². The summed E-state index contributed by atoms with van der Waals surface area (Å²) in [4.78, 5) is 16.0. The minimum absolute atomic E-state index is 0.0484. The molecule has 0 radical (unpaired) electrons. The molecule has 0 bridgehead atoms. The maximum absolute atomic E-state index is 12.7. The fourth-order valence-corrected chi connectivity index (χ4v) is 3.61. The van der Waals surface area contributed by atoms with Crippen LogP contribution in [0.3, 0.4) is 0 Å². The summed E-state index contributed by atoms with van der Waals surface area (Å²) in [7, 11) is 0. The van der Waals surface area contributed by atoms with E-state index in [0.717, 1.165) is 12.8 Å². The molecule has 1 aromatic rings. The first-order valence-electron chi connectivity index (χ1n) is 7.21. The second-order valence-electron chi connectivity index (χ2n) is 5.52. The molecule has 2 atom stereocenters. The van der Waals surface area contributed by atoms with Crippen molar-refractivity contribution < 1.29 is 4.79 Å². The Kier molecular flexibility index (Phi) is 4.63. The zero-order valence-electron chi connectivity index (χ0n) is 12.2. The standard InChI is InChI=1S/C15H24N2OS/c1-5-11(6-2)17-14(12-8-7-9-19-12)16-13(10(3)4)15(17)18/h7-11,13-14,16H,5-6H2,1-4H3. The molecule has 1 aromatic heterocycles. The van der Waals surface area contributed by atoms with Crippen LogP contribution in [-0.4, -0.2) is 22.9 Å². The van der Waals surface area contributed by atoms with E-state index in [1.54, 1.807) is 11.3 Å². The third-order valence-electron chi connectivity index (χ3n) is 3.95. The number of hydrogen-bond donors (Lipinski definition) is 1. The topological polar surface area (TPSA) is 32.3 Å². The van der Waals surface area contributed by atoms with E-state index in [1.165, 1.54) is 4.88 Å². The van der Waals surface area contributed by atoms with E-state index in [1.807, 2.05) is 0 Å². The molecule has 1 saturated heterocycles. The molecule has 3 nitrogen and oxygen atoms in total. The summed E-state index contributed by atoms with van der Waals surface area (Å²) >= 11 is 1.72. The smallest absolute Gasteiger partial charge is 0.241 e. The van der Waals surface area contributed by atoms with Gasteiger partial charge in [-0.2, -0.15) is 0 Å². The number of rotatable bonds is 5. The SMILES string of the molecule is CCC(CC)N1C(=O)C(C(C)C)NC1c1cccs1. The molecule has 0 spiro atoms. The Morgan fingerprint density at radius 2 is 2.05 bits per heavy atom. The van der Waals surface area contributed by atoms with Crippen molar-refractivity contribution in [3.8, 4) is 0 Å². The molecular formula is C15H24N2OS. The molecule has 1 aliphatic heterocycles. The molecule has 1 N–H and O–H groups in total. The lowest BCUT2D eigenvalue weighted by molar-refractivity contribution is -0.133. The van der Waals surface area contributed by atoms with Gasteiger partial charge in [-0.1, -0.05) is 33.8 Å². The molecule has 1 amide bonds. The molecule has 0 aliphatic carbocycles. The van der Waals surface area contributed by atoms with Crippen molar-refractivity contribution in [1.82, 2.24) is 10.2 Å². The number of amides is 1. The van der Waals surface area contributed by atoms with Crippen molar-refractivity contribution in [2.24, 2.45) is 5.92 Å². The predicted octanol–water partition coefficient (Wildman–Crippen LogP) is 3.39. The molecule has 0 saturated carbocycles. The quantitative estimate of drug-likeness (QED) is 0.896. The van der Waals surface area contributed by atoms with Crippen LogP contribution in [0.15, 0.2) is 17.5 Å². The Bertz CT molecular complexity index is 412. The lowest BCUT2D eigenvalue weighted by atomic mass is 10.0. The highest BCUT2D eigenvalue weighted by Crippen LogP contribution is 2.33. The van der Waals surface area contributed by atoms with E-state index in [0.29, 0.717) is 12.0 Å². The van der Waals surface area contributed by atoms with Crippen LogP contribution in [0.25, 0.3) is 0 Å². The molecule has 2 rings (SSSR count).